The number of aryl methyl sites for hydroxylation is 1. The van der Waals surface area contributed by atoms with Gasteiger partial charge in [0.25, 0.3) is 11.8 Å². The summed E-state index contributed by atoms with van der Waals surface area (Å²) in [7, 11) is -2.58. The van der Waals surface area contributed by atoms with Gasteiger partial charge in [-0.2, -0.15) is 4.31 Å². The van der Waals surface area contributed by atoms with E-state index < -0.39 is 28.4 Å². The first-order valence-electron chi connectivity index (χ1n) is 10.8. The average molecular weight is 494 g/mol. The van der Waals surface area contributed by atoms with Crippen molar-refractivity contribution >= 4 is 21.8 Å². The fraction of sp³-hybridized carbons (Fsp3) is 0.391. The van der Waals surface area contributed by atoms with Crippen LogP contribution in [0.3, 0.4) is 0 Å². The number of sulfonamides is 1. The van der Waals surface area contributed by atoms with Gasteiger partial charge in [-0.25, -0.2) is 8.42 Å². The van der Waals surface area contributed by atoms with Gasteiger partial charge >= 0.3 is 0 Å². The molecule has 2 amide bonds. The lowest BCUT2D eigenvalue weighted by atomic mass is 10.1. The number of ether oxygens (including phenoxy) is 3. The van der Waals surface area contributed by atoms with Crippen LogP contribution in [0.25, 0.3) is 0 Å². The van der Waals surface area contributed by atoms with E-state index in [-0.39, 0.29) is 10.5 Å². The molecule has 186 valence electrons. The number of carbonyl (C=O) groups is 2. The third-order valence-corrected chi connectivity index (χ3v) is 6.40. The molecule has 2 rings (SSSR count). The minimum atomic E-state index is -3.86. The summed E-state index contributed by atoms with van der Waals surface area (Å²) in [5.41, 5.74) is 5.59. The van der Waals surface area contributed by atoms with E-state index in [0.717, 1.165) is 9.87 Å². The van der Waals surface area contributed by atoms with Crippen LogP contribution in [-0.4, -0.2) is 58.0 Å². The second-order valence-electron chi connectivity index (χ2n) is 7.18. The molecule has 34 heavy (non-hydrogen) atoms. The highest BCUT2D eigenvalue weighted by molar-refractivity contribution is 7.89. The number of rotatable bonds is 11. The van der Waals surface area contributed by atoms with Crippen LogP contribution in [-0.2, 0) is 14.8 Å². The summed E-state index contributed by atoms with van der Waals surface area (Å²) < 4.78 is 43.0. The number of hydrogen-bond acceptors (Lipinski definition) is 7. The summed E-state index contributed by atoms with van der Waals surface area (Å²) in [6.45, 7) is 7.82. The molecule has 0 atom stereocenters. The number of amides is 2. The number of nitrogens with zero attached hydrogens (tertiary/aromatic N) is 1. The van der Waals surface area contributed by atoms with E-state index in [2.05, 4.69) is 10.9 Å². The Labute approximate surface area is 200 Å². The summed E-state index contributed by atoms with van der Waals surface area (Å²) in [5, 5.41) is 0. The van der Waals surface area contributed by atoms with E-state index in [9.17, 15) is 18.0 Å². The number of hydrazine groups is 1. The zero-order valence-corrected chi connectivity index (χ0v) is 20.8. The van der Waals surface area contributed by atoms with Gasteiger partial charge in [-0.1, -0.05) is 17.7 Å². The summed E-state index contributed by atoms with van der Waals surface area (Å²) in [5.74, 6) is -0.309. The maximum absolute atomic E-state index is 12.7. The smallest absolute Gasteiger partial charge is 0.269 e. The lowest BCUT2D eigenvalue weighted by Gasteiger charge is -2.18. The Bertz CT molecular complexity index is 1080. The summed E-state index contributed by atoms with van der Waals surface area (Å²) in [4.78, 5) is 25.0. The van der Waals surface area contributed by atoms with Crippen molar-refractivity contribution < 1.29 is 32.2 Å². The van der Waals surface area contributed by atoms with Crippen LogP contribution in [0.5, 0.6) is 17.2 Å². The van der Waals surface area contributed by atoms with Gasteiger partial charge in [0.2, 0.25) is 15.8 Å². The van der Waals surface area contributed by atoms with Gasteiger partial charge in [0.05, 0.1) is 31.3 Å². The molecule has 0 unspecified atom stereocenters. The van der Waals surface area contributed by atoms with Crippen molar-refractivity contribution in [3.63, 3.8) is 0 Å². The maximum Gasteiger partial charge on any atom is 0.269 e. The fourth-order valence-corrected chi connectivity index (χ4v) is 4.06. The summed E-state index contributed by atoms with van der Waals surface area (Å²) >= 11 is 0. The molecular weight excluding hydrogens is 462 g/mol. The van der Waals surface area contributed by atoms with E-state index in [1.807, 2.05) is 13.8 Å². The van der Waals surface area contributed by atoms with E-state index in [0.29, 0.717) is 37.1 Å². The van der Waals surface area contributed by atoms with Crippen LogP contribution in [0, 0.1) is 6.92 Å². The molecule has 0 aliphatic rings. The van der Waals surface area contributed by atoms with Gasteiger partial charge in [0.1, 0.15) is 0 Å². The zero-order chi connectivity index (χ0) is 25.3. The predicted molar refractivity (Wildman–Crippen MR) is 127 cm³/mol. The van der Waals surface area contributed by atoms with Crippen molar-refractivity contribution in [2.75, 3.05) is 33.4 Å². The molecule has 0 saturated carbocycles. The summed E-state index contributed by atoms with van der Waals surface area (Å²) in [6, 6.07) is 9.24. The van der Waals surface area contributed by atoms with Crippen molar-refractivity contribution in [1.82, 2.24) is 15.2 Å². The molecule has 2 aromatic carbocycles. The summed E-state index contributed by atoms with van der Waals surface area (Å²) in [6.07, 6.45) is 0. The van der Waals surface area contributed by atoms with Gasteiger partial charge in [-0.15, -0.1) is 0 Å². The van der Waals surface area contributed by atoms with Crippen molar-refractivity contribution in [1.29, 1.82) is 0 Å². The number of hydrogen-bond donors (Lipinski definition) is 2. The van der Waals surface area contributed by atoms with Crippen LogP contribution in [0.15, 0.2) is 41.3 Å². The number of benzene rings is 2. The van der Waals surface area contributed by atoms with E-state index in [1.54, 1.807) is 26.0 Å². The van der Waals surface area contributed by atoms with Gasteiger partial charge in [-0.05, 0) is 52.0 Å². The third-order valence-electron chi connectivity index (χ3n) is 4.58. The topological polar surface area (TPSA) is 123 Å². The number of carbonyl (C=O) groups excluding carboxylic acids is 2. The van der Waals surface area contributed by atoms with Crippen LogP contribution in [0.1, 0.15) is 36.7 Å². The molecule has 0 aliphatic heterocycles. The maximum atomic E-state index is 12.7. The monoisotopic (exact) mass is 493 g/mol. The van der Waals surface area contributed by atoms with Crippen LogP contribution in [0.4, 0.5) is 0 Å². The van der Waals surface area contributed by atoms with Gasteiger partial charge < -0.3 is 14.2 Å². The highest BCUT2D eigenvalue weighted by Gasteiger charge is 2.23. The van der Waals surface area contributed by atoms with Crippen LogP contribution >= 0.6 is 0 Å². The third kappa shape index (κ3) is 6.84. The molecular formula is C23H31N3O7S. The van der Waals surface area contributed by atoms with Crippen molar-refractivity contribution in [2.24, 2.45) is 0 Å². The van der Waals surface area contributed by atoms with Crippen LogP contribution < -0.4 is 25.1 Å². The molecule has 0 aliphatic carbocycles. The largest absolute Gasteiger partial charge is 0.490 e. The van der Waals surface area contributed by atoms with Gasteiger partial charge in [0, 0.05) is 12.6 Å². The Hall–Kier alpha value is -3.31. The van der Waals surface area contributed by atoms with Crippen molar-refractivity contribution in [2.45, 2.75) is 32.6 Å². The molecule has 2 N–H and O–H groups in total. The Morgan fingerprint density at radius 2 is 1.41 bits per heavy atom. The first-order chi connectivity index (χ1) is 16.1. The van der Waals surface area contributed by atoms with E-state index in [4.69, 9.17) is 14.2 Å². The Morgan fingerprint density at radius 1 is 0.882 bits per heavy atom. The Kier molecular flexibility index (Phi) is 9.69. The molecule has 0 bridgehead atoms. The number of likely N-dealkylation sites (N-methyl/N-ethyl adjacent to an activating group) is 1. The second kappa shape index (κ2) is 12.2. The minimum Gasteiger partial charge on any atom is -0.490 e. The standard InChI is InChI=1S/C23H31N3O7S/c1-6-31-19-13-17(14-20(32-7-2)22(19)33-8-3)23(28)25-24-21(27)15-26(5)34(29,30)18-11-9-16(4)10-12-18/h9-14H,6-8,15H2,1-5H3,(H,24,27)(H,25,28). The molecule has 10 nitrogen and oxygen atoms in total. The first-order valence-corrected chi connectivity index (χ1v) is 12.3. The Morgan fingerprint density at radius 3 is 1.91 bits per heavy atom. The highest BCUT2D eigenvalue weighted by Crippen LogP contribution is 2.39. The fourth-order valence-electron chi connectivity index (χ4n) is 2.94. The number of nitrogens with one attached hydrogen (secondary N) is 2. The normalized spacial score (nSPS) is 11.1. The first kappa shape index (κ1) is 26.9. The molecule has 0 spiro atoms. The minimum absolute atomic E-state index is 0.0683. The van der Waals surface area contributed by atoms with E-state index in [1.165, 1.54) is 31.3 Å². The second-order valence-corrected chi connectivity index (χ2v) is 9.22. The molecule has 0 radical (unpaired) electrons. The van der Waals surface area contributed by atoms with Gasteiger partial charge in [-0.3, -0.25) is 20.4 Å². The van der Waals surface area contributed by atoms with E-state index >= 15 is 0 Å². The van der Waals surface area contributed by atoms with Gasteiger partial charge in [0.15, 0.2) is 11.5 Å². The molecule has 0 aromatic heterocycles. The lowest BCUT2D eigenvalue weighted by Crippen LogP contribution is -2.46. The van der Waals surface area contributed by atoms with Crippen LogP contribution in [0.2, 0.25) is 0 Å². The van der Waals surface area contributed by atoms with Crippen molar-refractivity contribution in [3.05, 3.63) is 47.5 Å². The van der Waals surface area contributed by atoms with Crippen molar-refractivity contribution in [3.8, 4) is 17.2 Å². The zero-order valence-electron chi connectivity index (χ0n) is 20.0. The molecule has 0 saturated heterocycles. The predicted octanol–water partition coefficient (Wildman–Crippen LogP) is 2.27. The molecule has 0 fully saturated rings. The average Bonchev–Trinajstić information content (AvgIpc) is 2.80. The molecule has 2 aromatic rings. The quantitative estimate of drug-likeness (QED) is 0.460. The molecule has 0 heterocycles. The Balaban J connectivity index is 2.09. The highest BCUT2D eigenvalue weighted by atomic mass is 32.2. The molecule has 11 heteroatoms. The lowest BCUT2D eigenvalue weighted by molar-refractivity contribution is -0.121. The SMILES string of the molecule is CCOc1cc(C(=O)NNC(=O)CN(C)S(=O)(=O)c2ccc(C)cc2)cc(OCC)c1OCC.